The standard InChI is InChI=1S/C14H17N3O2/c1-9-10(2)14(19)17(16-13(9)18)8-7-11-5-3-4-6-12(11)15/h3-6H,7-8,15H2,1-2H3,(H,16,18). The van der Waals surface area contributed by atoms with E-state index in [0.717, 1.165) is 5.56 Å². The minimum absolute atomic E-state index is 0.161. The highest BCUT2D eigenvalue weighted by Crippen LogP contribution is 2.11. The number of rotatable bonds is 3. The third-order valence-corrected chi connectivity index (χ3v) is 3.37. The van der Waals surface area contributed by atoms with Gasteiger partial charge < -0.3 is 5.73 Å². The molecule has 1 aromatic heterocycles. The van der Waals surface area contributed by atoms with Crippen LogP contribution in [0.1, 0.15) is 16.7 Å². The number of H-pyrrole nitrogens is 1. The summed E-state index contributed by atoms with van der Waals surface area (Å²) in [6.07, 6.45) is 0.602. The Bertz CT molecular complexity index is 713. The molecule has 0 saturated heterocycles. The number of nitrogens with zero attached hydrogens (tertiary/aromatic N) is 1. The van der Waals surface area contributed by atoms with Crippen molar-refractivity contribution in [2.45, 2.75) is 26.8 Å². The maximum absolute atomic E-state index is 12.0. The molecule has 1 heterocycles. The van der Waals surface area contributed by atoms with Gasteiger partial charge in [-0.25, -0.2) is 4.68 Å². The van der Waals surface area contributed by atoms with E-state index in [9.17, 15) is 9.59 Å². The van der Waals surface area contributed by atoms with E-state index in [0.29, 0.717) is 29.8 Å². The quantitative estimate of drug-likeness (QED) is 0.806. The number of nitrogens with one attached hydrogen (secondary N) is 1. The van der Waals surface area contributed by atoms with Crippen LogP contribution in [0.15, 0.2) is 33.9 Å². The molecule has 0 amide bonds. The molecule has 0 atom stereocenters. The van der Waals surface area contributed by atoms with E-state index in [1.54, 1.807) is 13.8 Å². The van der Waals surface area contributed by atoms with Gasteiger partial charge in [-0.05, 0) is 31.9 Å². The number of aromatic nitrogens is 2. The fraction of sp³-hybridized carbons (Fsp3) is 0.286. The Kier molecular flexibility index (Phi) is 3.55. The summed E-state index contributed by atoms with van der Waals surface area (Å²) in [6.45, 7) is 3.72. The lowest BCUT2D eigenvalue weighted by molar-refractivity contribution is 0.563. The van der Waals surface area contributed by atoms with Gasteiger partial charge in [0.25, 0.3) is 11.1 Å². The van der Waals surface area contributed by atoms with Crippen molar-refractivity contribution >= 4 is 5.69 Å². The number of nitrogens with two attached hydrogens (primary N) is 1. The summed E-state index contributed by atoms with van der Waals surface area (Å²) >= 11 is 0. The predicted octanol–water partition coefficient (Wildman–Crippen LogP) is 0.978. The molecule has 1 aromatic carbocycles. The molecular formula is C14H17N3O2. The molecule has 0 aliphatic carbocycles. The zero-order chi connectivity index (χ0) is 14.0. The lowest BCUT2D eigenvalue weighted by Crippen LogP contribution is -2.33. The third kappa shape index (κ3) is 2.59. The highest BCUT2D eigenvalue weighted by molar-refractivity contribution is 5.46. The minimum Gasteiger partial charge on any atom is -0.399 e. The Hall–Kier alpha value is -2.30. The molecule has 0 spiro atoms. The van der Waals surface area contributed by atoms with Gasteiger partial charge in [0.05, 0.1) is 0 Å². The summed E-state index contributed by atoms with van der Waals surface area (Å²) in [4.78, 5) is 23.7. The van der Waals surface area contributed by atoms with Gasteiger partial charge in [-0.1, -0.05) is 18.2 Å². The Morgan fingerprint density at radius 3 is 2.53 bits per heavy atom. The zero-order valence-electron chi connectivity index (χ0n) is 11.1. The Morgan fingerprint density at radius 1 is 1.16 bits per heavy atom. The molecule has 0 aliphatic heterocycles. The van der Waals surface area contributed by atoms with Crippen molar-refractivity contribution in [1.82, 2.24) is 9.78 Å². The zero-order valence-corrected chi connectivity index (χ0v) is 11.1. The number of aryl methyl sites for hydroxylation is 2. The van der Waals surface area contributed by atoms with E-state index >= 15 is 0 Å². The van der Waals surface area contributed by atoms with E-state index in [-0.39, 0.29) is 11.1 Å². The topological polar surface area (TPSA) is 80.9 Å². The second-order valence-corrected chi connectivity index (χ2v) is 4.60. The van der Waals surface area contributed by atoms with Crippen LogP contribution in [0.2, 0.25) is 0 Å². The van der Waals surface area contributed by atoms with Gasteiger partial charge in [-0.2, -0.15) is 0 Å². The van der Waals surface area contributed by atoms with E-state index in [4.69, 9.17) is 5.73 Å². The lowest BCUT2D eigenvalue weighted by Gasteiger charge is -2.09. The van der Waals surface area contributed by atoms with Gasteiger partial charge in [-0.3, -0.25) is 14.7 Å². The Balaban J connectivity index is 2.29. The van der Waals surface area contributed by atoms with Crippen LogP contribution in [0, 0.1) is 13.8 Å². The normalized spacial score (nSPS) is 10.6. The van der Waals surface area contributed by atoms with Gasteiger partial charge in [0.15, 0.2) is 0 Å². The molecule has 0 fully saturated rings. The largest absolute Gasteiger partial charge is 0.399 e. The average Bonchev–Trinajstić information content (AvgIpc) is 2.40. The molecule has 0 saturated carbocycles. The first-order valence-corrected chi connectivity index (χ1v) is 6.14. The number of benzene rings is 1. The van der Waals surface area contributed by atoms with E-state index in [2.05, 4.69) is 5.10 Å². The first-order valence-electron chi connectivity index (χ1n) is 6.14. The Labute approximate surface area is 110 Å². The van der Waals surface area contributed by atoms with Crippen LogP contribution >= 0.6 is 0 Å². The van der Waals surface area contributed by atoms with Gasteiger partial charge in [0.1, 0.15) is 0 Å². The number of hydrogen-bond acceptors (Lipinski definition) is 3. The number of para-hydroxylation sites is 1. The van der Waals surface area contributed by atoms with Crippen molar-refractivity contribution in [3.63, 3.8) is 0 Å². The molecule has 5 nitrogen and oxygen atoms in total. The molecule has 100 valence electrons. The fourth-order valence-corrected chi connectivity index (χ4v) is 1.94. The van der Waals surface area contributed by atoms with Crippen molar-refractivity contribution < 1.29 is 0 Å². The third-order valence-electron chi connectivity index (χ3n) is 3.37. The van der Waals surface area contributed by atoms with Crippen LogP contribution in [0.25, 0.3) is 0 Å². The molecule has 0 aliphatic rings. The SMILES string of the molecule is Cc1c(C)c(=O)n(CCc2ccccc2N)[nH]c1=O. The molecule has 2 rings (SSSR count). The van der Waals surface area contributed by atoms with Gasteiger partial charge in [0.2, 0.25) is 0 Å². The maximum atomic E-state index is 12.0. The highest BCUT2D eigenvalue weighted by atomic mass is 16.2. The fourth-order valence-electron chi connectivity index (χ4n) is 1.94. The van der Waals surface area contributed by atoms with Gasteiger partial charge in [-0.15, -0.1) is 0 Å². The second-order valence-electron chi connectivity index (χ2n) is 4.60. The van der Waals surface area contributed by atoms with Crippen LogP contribution in [0.3, 0.4) is 0 Å². The monoisotopic (exact) mass is 259 g/mol. The number of nitrogen functional groups attached to an aromatic ring is 1. The van der Waals surface area contributed by atoms with Crippen LogP contribution in [0.4, 0.5) is 5.69 Å². The van der Waals surface area contributed by atoms with E-state index in [1.807, 2.05) is 24.3 Å². The second kappa shape index (κ2) is 5.14. The van der Waals surface area contributed by atoms with Crippen LogP contribution in [0.5, 0.6) is 0 Å². The molecule has 0 unspecified atom stereocenters. The van der Waals surface area contributed by atoms with Crippen LogP contribution < -0.4 is 16.9 Å². The molecule has 2 aromatic rings. The van der Waals surface area contributed by atoms with Crippen molar-refractivity contribution in [3.05, 3.63) is 61.7 Å². The summed E-state index contributed by atoms with van der Waals surface area (Å²) < 4.78 is 1.34. The van der Waals surface area contributed by atoms with Crippen molar-refractivity contribution in [1.29, 1.82) is 0 Å². The molecule has 0 radical (unpaired) electrons. The van der Waals surface area contributed by atoms with Gasteiger partial charge in [0, 0.05) is 23.4 Å². The molecule has 0 bridgehead atoms. The smallest absolute Gasteiger partial charge is 0.268 e. The summed E-state index contributed by atoms with van der Waals surface area (Å²) in [5.41, 5.74) is 8.09. The van der Waals surface area contributed by atoms with Gasteiger partial charge >= 0.3 is 0 Å². The van der Waals surface area contributed by atoms with Crippen LogP contribution in [-0.4, -0.2) is 9.78 Å². The predicted molar refractivity (Wildman–Crippen MR) is 75.4 cm³/mol. The summed E-state index contributed by atoms with van der Waals surface area (Å²) in [7, 11) is 0. The van der Waals surface area contributed by atoms with Crippen molar-refractivity contribution in [2.75, 3.05) is 5.73 Å². The lowest BCUT2D eigenvalue weighted by atomic mass is 10.1. The highest BCUT2D eigenvalue weighted by Gasteiger charge is 2.07. The summed E-state index contributed by atoms with van der Waals surface area (Å²) in [6, 6.07) is 7.50. The average molecular weight is 259 g/mol. The van der Waals surface area contributed by atoms with Crippen LogP contribution in [-0.2, 0) is 13.0 Å². The molecule has 5 heteroatoms. The molecule has 3 N–H and O–H groups in total. The minimum atomic E-state index is -0.224. The maximum Gasteiger partial charge on any atom is 0.268 e. The number of hydrogen-bond donors (Lipinski definition) is 2. The van der Waals surface area contributed by atoms with Crippen molar-refractivity contribution in [3.8, 4) is 0 Å². The first kappa shape index (κ1) is 13.1. The van der Waals surface area contributed by atoms with E-state index < -0.39 is 0 Å². The number of aromatic amines is 1. The molecular weight excluding hydrogens is 242 g/mol. The van der Waals surface area contributed by atoms with Crippen molar-refractivity contribution in [2.24, 2.45) is 0 Å². The first-order chi connectivity index (χ1) is 9.00. The van der Waals surface area contributed by atoms with E-state index in [1.165, 1.54) is 4.68 Å². The summed E-state index contributed by atoms with van der Waals surface area (Å²) in [5, 5.41) is 2.58. The Morgan fingerprint density at radius 2 is 1.84 bits per heavy atom. The summed E-state index contributed by atoms with van der Waals surface area (Å²) in [5.74, 6) is 0. The molecule has 19 heavy (non-hydrogen) atoms. The number of anilines is 1.